The summed E-state index contributed by atoms with van der Waals surface area (Å²) < 4.78 is 10.6. The molecule has 0 fully saturated rings. The second-order valence-corrected chi connectivity index (χ2v) is 16.7. The minimum Gasteiger partial charge on any atom is -0.510 e. The topological polar surface area (TPSA) is 250 Å². The summed E-state index contributed by atoms with van der Waals surface area (Å²) >= 11 is 0. The summed E-state index contributed by atoms with van der Waals surface area (Å²) in [5, 5.41) is 48.9. The monoisotopic (exact) mass is 839 g/mol. The first-order valence-corrected chi connectivity index (χ1v) is 19.4. The minimum atomic E-state index is -2.83. The van der Waals surface area contributed by atoms with Crippen molar-refractivity contribution in [3.8, 4) is 16.9 Å². The van der Waals surface area contributed by atoms with Gasteiger partial charge in [0.25, 0.3) is 5.91 Å². The molecule has 17 nitrogen and oxygen atoms in total. The largest absolute Gasteiger partial charge is 0.510 e. The highest BCUT2D eigenvalue weighted by molar-refractivity contribution is 6.25. The Bertz CT molecular complexity index is 2400. The zero-order valence-electron chi connectivity index (χ0n) is 34.8. The molecule has 0 aliphatic heterocycles. The number of aromatic hydroxyl groups is 1. The first-order valence-electron chi connectivity index (χ1n) is 19.4. The number of anilines is 2. The normalized spacial score (nSPS) is 21.0. The number of esters is 1. The number of phenols is 1. The molecule has 0 aromatic heterocycles. The highest BCUT2D eigenvalue weighted by atomic mass is 16.7. The molecule has 0 heterocycles. The van der Waals surface area contributed by atoms with Crippen molar-refractivity contribution >= 4 is 46.8 Å². The lowest BCUT2D eigenvalue weighted by Crippen LogP contribution is -2.63. The fourth-order valence-corrected chi connectivity index (χ4v) is 8.52. The Labute approximate surface area is 351 Å². The molecule has 322 valence electrons. The maximum absolute atomic E-state index is 14.4. The van der Waals surface area contributed by atoms with E-state index >= 15 is 0 Å². The Kier molecular flexibility index (Phi) is 11.8. The molecule has 3 aliphatic rings. The summed E-state index contributed by atoms with van der Waals surface area (Å²) in [5.41, 5.74) is 2.16. The lowest BCUT2D eigenvalue weighted by Gasteiger charge is -2.50. The predicted molar refractivity (Wildman–Crippen MR) is 222 cm³/mol. The average molecular weight is 840 g/mol. The number of primary amides is 1. The van der Waals surface area contributed by atoms with Crippen LogP contribution in [-0.4, -0.2) is 124 Å². The highest BCUT2D eigenvalue weighted by Crippen LogP contribution is 2.54. The Morgan fingerprint density at radius 2 is 1.57 bits per heavy atom. The number of allylic oxidation sites excluding steroid dienone is 1. The van der Waals surface area contributed by atoms with Crippen LogP contribution in [-0.2, 0) is 30.3 Å². The zero-order chi connectivity index (χ0) is 44.9. The number of ether oxygens (including phenoxy) is 2. The van der Waals surface area contributed by atoms with E-state index in [9.17, 15) is 49.2 Å². The van der Waals surface area contributed by atoms with E-state index in [1.54, 1.807) is 78.1 Å². The van der Waals surface area contributed by atoms with E-state index < -0.39 is 101 Å². The van der Waals surface area contributed by atoms with Crippen LogP contribution in [0.1, 0.15) is 53.5 Å². The molecule has 0 saturated heterocycles. The molecule has 0 bridgehead atoms. The smallest absolute Gasteiger partial charge is 0.413 e. The fourth-order valence-electron chi connectivity index (χ4n) is 8.52. The molecule has 0 radical (unpaired) electrons. The van der Waals surface area contributed by atoms with Crippen LogP contribution in [0.3, 0.4) is 0 Å². The number of carbonyl (C=O) groups is 6. The lowest BCUT2D eigenvalue weighted by atomic mass is 9.58. The van der Waals surface area contributed by atoms with E-state index in [1.165, 1.54) is 11.0 Å². The molecule has 3 aliphatic carbocycles. The first kappa shape index (κ1) is 43.8. The SMILES string of the molecule is CN(C)c1cc(NC(=O)CN(C(=O)OCOC(=O)c2ccccc2-c2ccccc2)C(C)(C)C)c(O)c2c1C[C@H]1C[C@H]3[C@H](N(C)C)C(O)=C(C(N)=O)C(=O)[C@@]3(O)C(O)=C1C2=O. The third-order valence-corrected chi connectivity index (χ3v) is 11.4. The van der Waals surface area contributed by atoms with Crippen LogP contribution in [0, 0.1) is 11.8 Å². The van der Waals surface area contributed by atoms with E-state index in [2.05, 4.69) is 5.32 Å². The number of nitrogens with two attached hydrogens (primary N) is 1. The number of benzene rings is 3. The number of hydrogen-bond acceptors (Lipinski definition) is 14. The maximum Gasteiger partial charge on any atom is 0.413 e. The molecule has 0 saturated carbocycles. The number of aliphatic hydroxyl groups excluding tert-OH is 2. The Hall–Kier alpha value is -6.72. The van der Waals surface area contributed by atoms with Crippen LogP contribution in [0.4, 0.5) is 16.2 Å². The minimum absolute atomic E-state index is 0.0237. The summed E-state index contributed by atoms with van der Waals surface area (Å²) in [6.45, 7) is 3.54. The standard InChI is InChI=1S/C44H49N5O12/c1-43(2,3)49(42(58)61-21-60-41(57)25-16-12-11-15-24(25)22-13-9-8-10-14-22)20-30(50)46-28-19-29(47(4)5)26-17-23-18-27-34(48(6)7)37(53)33(40(45)56)39(55)44(27,59)38(54)31(23)36(52)32(26)35(28)51/h8-16,19,23,27,34,51,53-54,59H,17-18,20-21H2,1-7H3,(H2,45,56)(H,46,50)/t23-,27-,34-,44-/m0/s1. The summed E-state index contributed by atoms with van der Waals surface area (Å²) in [7, 11) is 6.43. The van der Waals surface area contributed by atoms with Gasteiger partial charge in [-0.15, -0.1) is 0 Å². The van der Waals surface area contributed by atoms with Crippen LogP contribution < -0.4 is 16.0 Å². The van der Waals surface area contributed by atoms with Gasteiger partial charge in [0.2, 0.25) is 18.5 Å². The van der Waals surface area contributed by atoms with Crippen molar-refractivity contribution in [3.63, 3.8) is 0 Å². The predicted octanol–water partition coefficient (Wildman–Crippen LogP) is 3.84. The van der Waals surface area contributed by atoms with E-state index in [0.717, 1.165) is 10.5 Å². The fraction of sp³-hybridized carbons (Fsp3) is 0.364. The number of aliphatic hydroxyl groups is 3. The molecule has 61 heavy (non-hydrogen) atoms. The third kappa shape index (κ3) is 7.77. The van der Waals surface area contributed by atoms with Gasteiger partial charge in [0.05, 0.1) is 22.9 Å². The number of amides is 3. The van der Waals surface area contributed by atoms with Gasteiger partial charge in [0, 0.05) is 36.8 Å². The molecule has 3 aromatic carbocycles. The van der Waals surface area contributed by atoms with Gasteiger partial charge >= 0.3 is 12.1 Å². The molecule has 0 unspecified atom stereocenters. The average Bonchev–Trinajstić information content (AvgIpc) is 3.18. The van der Waals surface area contributed by atoms with Gasteiger partial charge < -0.3 is 45.9 Å². The van der Waals surface area contributed by atoms with E-state index in [-0.39, 0.29) is 35.2 Å². The van der Waals surface area contributed by atoms with Gasteiger partial charge in [-0.3, -0.25) is 29.0 Å². The number of nitrogens with one attached hydrogen (secondary N) is 1. The number of nitrogens with zero attached hydrogens (tertiary/aromatic N) is 3. The third-order valence-electron chi connectivity index (χ3n) is 11.4. The number of ketones is 2. The van der Waals surface area contributed by atoms with Gasteiger partial charge in [-0.1, -0.05) is 48.5 Å². The number of carbonyl (C=O) groups excluding carboxylic acids is 6. The van der Waals surface area contributed by atoms with E-state index in [0.29, 0.717) is 16.8 Å². The molecule has 3 amide bonds. The summed E-state index contributed by atoms with van der Waals surface area (Å²) in [6.07, 6.45) is -1.07. The molecule has 7 N–H and O–H groups in total. The van der Waals surface area contributed by atoms with Crippen molar-refractivity contribution < 1.29 is 58.7 Å². The van der Waals surface area contributed by atoms with Crippen molar-refractivity contribution in [3.05, 3.63) is 100 Å². The van der Waals surface area contributed by atoms with Crippen molar-refractivity contribution in [2.24, 2.45) is 17.6 Å². The van der Waals surface area contributed by atoms with Crippen LogP contribution in [0.5, 0.6) is 5.75 Å². The molecule has 17 heteroatoms. The van der Waals surface area contributed by atoms with Gasteiger partial charge in [0.15, 0.2) is 17.1 Å². The molecule has 6 rings (SSSR count). The quantitative estimate of drug-likeness (QED) is 0.0735. The lowest BCUT2D eigenvalue weighted by molar-refractivity contribution is -0.148. The zero-order valence-corrected chi connectivity index (χ0v) is 34.8. The maximum atomic E-state index is 14.4. The Morgan fingerprint density at radius 3 is 2.18 bits per heavy atom. The number of hydrogen-bond donors (Lipinski definition) is 6. The molecule has 0 spiro atoms. The van der Waals surface area contributed by atoms with Crippen molar-refractivity contribution in [1.82, 2.24) is 9.80 Å². The number of phenolic OH excluding ortho intramolecular Hbond substituents is 1. The summed E-state index contributed by atoms with van der Waals surface area (Å²) in [5.74, 6) is -9.60. The second kappa shape index (κ2) is 16.4. The van der Waals surface area contributed by atoms with Crippen LogP contribution in [0.2, 0.25) is 0 Å². The van der Waals surface area contributed by atoms with Gasteiger partial charge in [-0.25, -0.2) is 9.59 Å². The number of likely N-dealkylation sites (N-methyl/N-ethyl adjacent to an activating group) is 1. The van der Waals surface area contributed by atoms with E-state index in [4.69, 9.17) is 15.2 Å². The van der Waals surface area contributed by atoms with Crippen LogP contribution in [0.25, 0.3) is 11.1 Å². The van der Waals surface area contributed by atoms with Gasteiger partial charge in [-0.05, 0) is 82.4 Å². The van der Waals surface area contributed by atoms with Crippen molar-refractivity contribution in [1.29, 1.82) is 0 Å². The first-order chi connectivity index (χ1) is 28.6. The van der Waals surface area contributed by atoms with Gasteiger partial charge in [0.1, 0.15) is 23.6 Å². The second-order valence-electron chi connectivity index (χ2n) is 16.7. The number of rotatable bonds is 10. The molecule has 3 aromatic rings. The molecular weight excluding hydrogens is 791 g/mol. The Balaban J connectivity index is 1.24. The van der Waals surface area contributed by atoms with E-state index in [1.807, 2.05) is 30.3 Å². The summed E-state index contributed by atoms with van der Waals surface area (Å²) in [6, 6.07) is 16.3. The number of Topliss-reactive ketones (excluding diaryl/α,β-unsaturated/α-hetero) is 2. The molecular formula is C44H49N5O12. The summed E-state index contributed by atoms with van der Waals surface area (Å²) in [4.78, 5) is 84.8. The van der Waals surface area contributed by atoms with Crippen molar-refractivity contribution in [2.45, 2.75) is 50.8 Å². The Morgan fingerprint density at radius 1 is 0.934 bits per heavy atom. The van der Waals surface area contributed by atoms with Crippen molar-refractivity contribution in [2.75, 3.05) is 51.7 Å². The molecule has 4 atom stereocenters. The van der Waals surface area contributed by atoms with Crippen LogP contribution in [0.15, 0.2) is 83.3 Å². The number of fused-ring (bicyclic) bond motifs is 3. The van der Waals surface area contributed by atoms with Crippen LogP contribution >= 0.6 is 0 Å². The van der Waals surface area contributed by atoms with Gasteiger partial charge in [-0.2, -0.15) is 0 Å². The highest BCUT2D eigenvalue weighted by Gasteiger charge is 2.63.